The molecule has 260 valence electrons. The van der Waals surface area contributed by atoms with Crippen LogP contribution in [0.25, 0.3) is 0 Å². The molecule has 0 aromatic carbocycles. The SMILES string of the molecule is C1=CC2C(C1)C1CC2C2C3C=CC(C3)C12.C1=CC2C(C1)C1CC2C2C3CC(C4C5C=CC(C5)C34)C12.C1=CC2CC1C1CC3C4C=CC(C4)C3C21. The zero-order valence-electron chi connectivity index (χ0n) is 30.2. The Balaban J connectivity index is 0.0000000781. The normalized spacial score (nSPS) is 69.1. The summed E-state index contributed by atoms with van der Waals surface area (Å²) in [4.78, 5) is 0. The molecule has 11 fully saturated rings. The highest BCUT2D eigenvalue weighted by atomic mass is 14.8. The summed E-state index contributed by atoms with van der Waals surface area (Å²) in [5, 5.41) is 0. The third-order valence-corrected chi connectivity index (χ3v) is 22.2. The average molecular weight is 661 g/mol. The van der Waals surface area contributed by atoms with Crippen LogP contribution in [0.4, 0.5) is 0 Å². The minimum absolute atomic E-state index is 0.989. The lowest BCUT2D eigenvalue weighted by atomic mass is 9.57. The van der Waals surface area contributed by atoms with Crippen LogP contribution in [0.2, 0.25) is 0 Å². The number of rotatable bonds is 0. The topological polar surface area (TPSA) is 0 Å². The molecule has 0 saturated heterocycles. The quantitative estimate of drug-likeness (QED) is 0.179. The van der Waals surface area contributed by atoms with Crippen molar-refractivity contribution in [2.24, 2.45) is 166 Å². The molecule has 0 nitrogen and oxygen atoms in total. The van der Waals surface area contributed by atoms with E-state index in [1.807, 2.05) is 0 Å². The van der Waals surface area contributed by atoms with Gasteiger partial charge in [0.05, 0.1) is 0 Å². The van der Waals surface area contributed by atoms with E-state index in [1.165, 1.54) is 43.9 Å². The standard InChI is InChI=1S/C20H24.2C15H18/c1-2-11-12(3-1)14-7-13(11)19-15-8-16(20(14)19)18-10-5-4-9(6-10)17(15)18;1-3-10-5-8(1)12-7-13-9-2-4-11(6-9)15(13)14(10)12;1-2-10-11(3-1)13-7-12(10)14-8-4-5-9(6-8)15(13)14/h1-2,4-5,9-20H,3,6-8H2;1-4,8-15H,5-7H2;1-2,4-5,8-15H,3,6-7H2. The zero-order chi connectivity index (χ0) is 31.7. The van der Waals surface area contributed by atoms with Crippen molar-refractivity contribution in [3.05, 3.63) is 72.9 Å². The highest BCUT2D eigenvalue weighted by Crippen LogP contribution is 2.78. The van der Waals surface area contributed by atoms with Gasteiger partial charge >= 0.3 is 0 Å². The summed E-state index contributed by atoms with van der Waals surface area (Å²) >= 11 is 0. The molecular weight excluding hydrogens is 601 g/mol. The largest absolute Gasteiger partial charge is 0.0879 e. The first-order chi connectivity index (χ1) is 24.8. The van der Waals surface area contributed by atoms with Gasteiger partial charge in [-0.2, -0.15) is 0 Å². The molecule has 28 unspecified atom stereocenters. The van der Waals surface area contributed by atoms with Gasteiger partial charge in [0.2, 0.25) is 0 Å². The monoisotopic (exact) mass is 660 g/mol. The molecule has 0 aromatic rings. The van der Waals surface area contributed by atoms with Crippen LogP contribution in [0.1, 0.15) is 64.2 Å². The average Bonchev–Trinajstić information content (AvgIpc) is 3.97. The second-order valence-electron chi connectivity index (χ2n) is 22.5. The Hall–Kier alpha value is -1.56. The van der Waals surface area contributed by atoms with E-state index >= 15 is 0 Å². The molecule has 0 heterocycles. The molecule has 50 heavy (non-hydrogen) atoms. The summed E-state index contributed by atoms with van der Waals surface area (Å²) < 4.78 is 0. The lowest BCUT2D eigenvalue weighted by molar-refractivity contribution is 0.0160. The van der Waals surface area contributed by atoms with Crippen LogP contribution in [0.15, 0.2) is 72.9 Å². The van der Waals surface area contributed by atoms with Gasteiger partial charge in [0.15, 0.2) is 0 Å². The number of fused-ring (bicyclic) bond motifs is 42. The first kappa shape index (κ1) is 28.0. The predicted molar refractivity (Wildman–Crippen MR) is 199 cm³/mol. The molecule has 28 atom stereocenters. The third-order valence-electron chi connectivity index (χ3n) is 22.2. The van der Waals surface area contributed by atoms with Crippen LogP contribution < -0.4 is 0 Å². The first-order valence-electron chi connectivity index (χ1n) is 22.8. The number of hydrogen-bond donors (Lipinski definition) is 0. The van der Waals surface area contributed by atoms with E-state index < -0.39 is 0 Å². The van der Waals surface area contributed by atoms with Gasteiger partial charge < -0.3 is 0 Å². The summed E-state index contributed by atoms with van der Waals surface area (Å²) in [6.45, 7) is 0. The van der Waals surface area contributed by atoms with Gasteiger partial charge in [0, 0.05) is 0 Å². The Bertz CT molecular complexity index is 1660. The fourth-order valence-corrected chi connectivity index (χ4v) is 21.7. The minimum atomic E-state index is 0.989. The summed E-state index contributed by atoms with van der Waals surface area (Å²) in [6.07, 6.45) is 46.2. The summed E-state index contributed by atoms with van der Waals surface area (Å²) in [7, 11) is 0. The van der Waals surface area contributed by atoms with Crippen LogP contribution in [0.3, 0.4) is 0 Å². The maximum Gasteiger partial charge on any atom is -0.0168 e. The van der Waals surface area contributed by atoms with Gasteiger partial charge in [-0.1, -0.05) is 72.9 Å². The second-order valence-corrected chi connectivity index (χ2v) is 22.5. The Morgan fingerprint density at radius 3 is 1.06 bits per heavy atom. The van der Waals surface area contributed by atoms with Crippen LogP contribution in [0, 0.1) is 166 Å². The highest BCUT2D eigenvalue weighted by Gasteiger charge is 2.72. The Labute approximate surface area is 301 Å². The zero-order valence-corrected chi connectivity index (χ0v) is 30.2. The molecule has 0 heteroatoms. The highest BCUT2D eigenvalue weighted by molar-refractivity contribution is 5.29. The van der Waals surface area contributed by atoms with Crippen LogP contribution in [-0.4, -0.2) is 0 Å². The van der Waals surface area contributed by atoms with E-state index in [0.717, 1.165) is 154 Å². The lowest BCUT2D eigenvalue weighted by Gasteiger charge is -2.47. The molecule has 14 bridgehead atoms. The maximum absolute atomic E-state index is 2.63. The second kappa shape index (κ2) is 9.38. The lowest BCUT2D eigenvalue weighted by Crippen LogP contribution is -2.43. The van der Waals surface area contributed by atoms with Crippen molar-refractivity contribution < 1.29 is 0 Å². The van der Waals surface area contributed by atoms with E-state index in [9.17, 15) is 0 Å². The molecule has 17 rings (SSSR count). The van der Waals surface area contributed by atoms with Crippen molar-refractivity contribution in [3.63, 3.8) is 0 Å². The predicted octanol–water partition coefficient (Wildman–Crippen LogP) is 10.7. The van der Waals surface area contributed by atoms with E-state index in [4.69, 9.17) is 0 Å². The van der Waals surface area contributed by atoms with Gasteiger partial charge in [-0.05, 0) is 230 Å². The van der Waals surface area contributed by atoms with E-state index in [0.29, 0.717) is 0 Å². The summed E-state index contributed by atoms with van der Waals surface area (Å²) in [5.41, 5.74) is 0. The molecule has 17 aliphatic rings. The fraction of sp³-hybridized carbons (Fsp3) is 0.760. The molecule has 11 saturated carbocycles. The summed E-state index contributed by atoms with van der Waals surface area (Å²) in [6, 6.07) is 0. The van der Waals surface area contributed by atoms with E-state index in [-0.39, 0.29) is 0 Å². The Morgan fingerprint density at radius 1 is 0.220 bits per heavy atom. The number of allylic oxidation sites excluding steroid dienone is 12. The molecule has 0 radical (unpaired) electrons. The molecule has 0 N–H and O–H groups in total. The first-order valence-corrected chi connectivity index (χ1v) is 22.8. The molecule has 0 aliphatic heterocycles. The number of hydrogen-bond acceptors (Lipinski definition) is 0. The van der Waals surface area contributed by atoms with Gasteiger partial charge in [-0.3, -0.25) is 0 Å². The van der Waals surface area contributed by atoms with E-state index in [2.05, 4.69) is 72.9 Å². The minimum Gasteiger partial charge on any atom is -0.0879 e. The fourth-order valence-electron chi connectivity index (χ4n) is 21.7. The van der Waals surface area contributed by atoms with Crippen LogP contribution >= 0.6 is 0 Å². The Kier molecular flexibility index (Phi) is 5.25. The van der Waals surface area contributed by atoms with Crippen LogP contribution in [0.5, 0.6) is 0 Å². The van der Waals surface area contributed by atoms with Gasteiger partial charge in [0.1, 0.15) is 0 Å². The van der Waals surface area contributed by atoms with Gasteiger partial charge in [-0.25, -0.2) is 0 Å². The van der Waals surface area contributed by atoms with Crippen LogP contribution in [-0.2, 0) is 0 Å². The molecule has 0 amide bonds. The summed E-state index contributed by atoms with van der Waals surface area (Å²) in [5.74, 6) is 30.2. The smallest absolute Gasteiger partial charge is 0.0168 e. The van der Waals surface area contributed by atoms with E-state index in [1.54, 1.807) is 32.1 Å². The van der Waals surface area contributed by atoms with Gasteiger partial charge in [-0.15, -0.1) is 0 Å². The van der Waals surface area contributed by atoms with Gasteiger partial charge in [0.25, 0.3) is 0 Å². The Morgan fingerprint density at radius 2 is 0.540 bits per heavy atom. The molecule has 0 aromatic heterocycles. The van der Waals surface area contributed by atoms with Crippen molar-refractivity contribution in [1.82, 2.24) is 0 Å². The molecular formula is C50H60. The van der Waals surface area contributed by atoms with Crippen molar-refractivity contribution in [1.29, 1.82) is 0 Å². The maximum atomic E-state index is 2.63. The van der Waals surface area contributed by atoms with Crippen molar-refractivity contribution in [2.45, 2.75) is 64.2 Å². The van der Waals surface area contributed by atoms with Crippen molar-refractivity contribution in [3.8, 4) is 0 Å². The molecule has 0 spiro atoms. The third kappa shape index (κ3) is 3.15. The molecule has 17 aliphatic carbocycles. The van der Waals surface area contributed by atoms with Crippen molar-refractivity contribution in [2.75, 3.05) is 0 Å². The van der Waals surface area contributed by atoms with Crippen molar-refractivity contribution >= 4 is 0 Å².